The summed E-state index contributed by atoms with van der Waals surface area (Å²) in [5, 5.41) is 0. The molecular weight excluding hydrogens is 190 g/mol. The fourth-order valence-corrected chi connectivity index (χ4v) is 1.29. The molecule has 84 valence electrons. The molecule has 0 radical (unpaired) electrons. The van der Waals surface area contributed by atoms with E-state index in [1.54, 1.807) is 4.90 Å². The van der Waals surface area contributed by atoms with E-state index in [0.717, 1.165) is 12.8 Å². The second-order valence-electron chi connectivity index (χ2n) is 3.51. The lowest BCUT2D eigenvalue weighted by Gasteiger charge is -2.26. The van der Waals surface area contributed by atoms with E-state index >= 15 is 0 Å². The number of rotatable bonds is 7. The normalized spacial score (nSPS) is 12.1. The minimum absolute atomic E-state index is 0.0365. The maximum atomic E-state index is 12.2. The fraction of sp³-hybridized carbons (Fsp3) is 0.778. The summed E-state index contributed by atoms with van der Waals surface area (Å²) in [6.45, 7) is 3.53. The van der Waals surface area contributed by atoms with Gasteiger partial charge in [-0.05, 0) is 32.5 Å². The highest BCUT2D eigenvalue weighted by Gasteiger charge is 2.27. The van der Waals surface area contributed by atoms with E-state index in [2.05, 4.69) is 6.58 Å². The maximum Gasteiger partial charge on any atom is 0.506 e. The molecule has 0 heterocycles. The molecular formula is C9H18BF3N-. The summed E-state index contributed by atoms with van der Waals surface area (Å²) in [4.78, 5) is 1.80. The summed E-state index contributed by atoms with van der Waals surface area (Å²) in [6, 6.07) is 0. The van der Waals surface area contributed by atoms with Gasteiger partial charge in [0.2, 0.25) is 0 Å². The lowest BCUT2D eigenvalue weighted by molar-refractivity contribution is 0.295. The van der Waals surface area contributed by atoms with Gasteiger partial charge in [-0.1, -0.05) is 13.8 Å². The first kappa shape index (κ1) is 13.6. The van der Waals surface area contributed by atoms with Gasteiger partial charge in [-0.2, -0.15) is 0 Å². The van der Waals surface area contributed by atoms with Gasteiger partial charge in [0.25, 0.3) is 0 Å². The predicted molar refractivity (Wildman–Crippen MR) is 55.2 cm³/mol. The average molecular weight is 208 g/mol. The molecule has 0 N–H and O–H groups in total. The molecule has 0 amide bonds. The SMILES string of the molecule is C=C(CN(CCC)CCC)[B-](F)(F)F. The lowest BCUT2D eigenvalue weighted by atomic mass is 9.80. The van der Waals surface area contributed by atoms with Gasteiger partial charge in [-0.3, -0.25) is 0 Å². The summed E-state index contributed by atoms with van der Waals surface area (Å²) >= 11 is 0. The summed E-state index contributed by atoms with van der Waals surface area (Å²) in [5.41, 5.74) is -0.591. The number of nitrogens with zero attached hydrogens (tertiary/aromatic N) is 1. The zero-order chi connectivity index (χ0) is 11.2. The van der Waals surface area contributed by atoms with Gasteiger partial charge in [-0.25, -0.2) is 0 Å². The largest absolute Gasteiger partial charge is 0.506 e. The fourth-order valence-electron chi connectivity index (χ4n) is 1.29. The Labute approximate surface area is 84.0 Å². The molecule has 0 rings (SSSR count). The second kappa shape index (κ2) is 6.12. The van der Waals surface area contributed by atoms with Crippen molar-refractivity contribution in [1.29, 1.82) is 0 Å². The molecule has 0 aromatic rings. The first-order valence-electron chi connectivity index (χ1n) is 5.01. The molecule has 0 fully saturated rings. The van der Waals surface area contributed by atoms with Gasteiger partial charge in [0.1, 0.15) is 0 Å². The zero-order valence-corrected chi connectivity index (χ0v) is 8.90. The quantitative estimate of drug-likeness (QED) is 0.581. The molecule has 0 saturated heterocycles. The minimum atomic E-state index is -4.87. The van der Waals surface area contributed by atoms with E-state index < -0.39 is 12.4 Å². The summed E-state index contributed by atoms with van der Waals surface area (Å²) in [7, 11) is 0. The Morgan fingerprint density at radius 2 is 1.57 bits per heavy atom. The van der Waals surface area contributed by atoms with Gasteiger partial charge in [0.05, 0.1) is 0 Å². The molecule has 0 unspecified atom stereocenters. The molecule has 0 aliphatic rings. The average Bonchev–Trinajstić information content (AvgIpc) is 2.03. The molecule has 0 aromatic carbocycles. The number of hydrogen-bond donors (Lipinski definition) is 0. The Hall–Kier alpha value is -0.445. The van der Waals surface area contributed by atoms with E-state index in [0.29, 0.717) is 13.1 Å². The summed E-state index contributed by atoms with van der Waals surface area (Å²) < 4.78 is 36.7. The van der Waals surface area contributed by atoms with Crippen LogP contribution in [0.3, 0.4) is 0 Å². The Kier molecular flexibility index (Phi) is 5.92. The van der Waals surface area contributed by atoms with Crippen molar-refractivity contribution in [3.8, 4) is 0 Å². The first-order valence-corrected chi connectivity index (χ1v) is 5.01. The molecule has 0 atom stereocenters. The number of halogens is 3. The molecule has 0 saturated carbocycles. The third-order valence-corrected chi connectivity index (χ3v) is 1.97. The Morgan fingerprint density at radius 3 is 1.86 bits per heavy atom. The van der Waals surface area contributed by atoms with Crippen LogP contribution in [0.25, 0.3) is 0 Å². The third kappa shape index (κ3) is 5.32. The van der Waals surface area contributed by atoms with E-state index in [-0.39, 0.29) is 6.54 Å². The Bertz CT molecular complexity index is 173. The van der Waals surface area contributed by atoms with Crippen LogP contribution in [0.4, 0.5) is 12.9 Å². The van der Waals surface area contributed by atoms with Crippen LogP contribution in [-0.2, 0) is 0 Å². The van der Waals surface area contributed by atoms with Gasteiger partial charge in [-0.15, -0.1) is 12.1 Å². The highest BCUT2D eigenvalue weighted by atomic mass is 19.4. The van der Waals surface area contributed by atoms with Crippen molar-refractivity contribution in [2.75, 3.05) is 19.6 Å². The standard InChI is InChI=1S/C9H18BF3N/c1-4-6-14(7-5-2)8-9(3)10(11,12)13/h3-8H2,1-2H3/q-1. The van der Waals surface area contributed by atoms with Crippen LogP contribution in [-0.4, -0.2) is 31.5 Å². The highest BCUT2D eigenvalue weighted by Crippen LogP contribution is 2.19. The van der Waals surface area contributed by atoms with Crippen LogP contribution < -0.4 is 0 Å². The van der Waals surface area contributed by atoms with Crippen molar-refractivity contribution >= 4 is 6.98 Å². The van der Waals surface area contributed by atoms with Crippen LogP contribution >= 0.6 is 0 Å². The van der Waals surface area contributed by atoms with Gasteiger partial charge < -0.3 is 17.8 Å². The van der Waals surface area contributed by atoms with Gasteiger partial charge in [0.15, 0.2) is 0 Å². The Balaban J connectivity index is 4.08. The highest BCUT2D eigenvalue weighted by molar-refractivity contribution is 6.66. The van der Waals surface area contributed by atoms with E-state index in [9.17, 15) is 12.9 Å². The van der Waals surface area contributed by atoms with E-state index in [1.165, 1.54) is 0 Å². The molecule has 0 aliphatic carbocycles. The van der Waals surface area contributed by atoms with E-state index in [4.69, 9.17) is 0 Å². The minimum Gasteiger partial charge on any atom is -0.445 e. The lowest BCUT2D eigenvalue weighted by Crippen LogP contribution is -2.33. The maximum absolute atomic E-state index is 12.2. The molecule has 0 spiro atoms. The molecule has 5 heteroatoms. The molecule has 14 heavy (non-hydrogen) atoms. The van der Waals surface area contributed by atoms with Gasteiger partial charge in [0, 0.05) is 0 Å². The zero-order valence-electron chi connectivity index (χ0n) is 8.90. The second-order valence-corrected chi connectivity index (χ2v) is 3.51. The van der Waals surface area contributed by atoms with Crippen molar-refractivity contribution in [1.82, 2.24) is 4.90 Å². The van der Waals surface area contributed by atoms with Crippen LogP contribution in [0.1, 0.15) is 26.7 Å². The van der Waals surface area contributed by atoms with Crippen molar-refractivity contribution in [2.24, 2.45) is 0 Å². The molecule has 1 nitrogen and oxygen atoms in total. The van der Waals surface area contributed by atoms with Crippen molar-refractivity contribution in [3.05, 3.63) is 12.1 Å². The van der Waals surface area contributed by atoms with Crippen LogP contribution in [0.15, 0.2) is 12.1 Å². The topological polar surface area (TPSA) is 3.24 Å². The summed E-state index contributed by atoms with van der Waals surface area (Å²) in [6.07, 6.45) is 1.75. The van der Waals surface area contributed by atoms with E-state index in [1.807, 2.05) is 13.8 Å². The smallest absolute Gasteiger partial charge is 0.445 e. The van der Waals surface area contributed by atoms with Crippen molar-refractivity contribution in [2.45, 2.75) is 26.7 Å². The van der Waals surface area contributed by atoms with Crippen molar-refractivity contribution in [3.63, 3.8) is 0 Å². The van der Waals surface area contributed by atoms with Crippen LogP contribution in [0, 0.1) is 0 Å². The molecule has 0 bridgehead atoms. The first-order chi connectivity index (χ1) is 6.41. The van der Waals surface area contributed by atoms with Crippen molar-refractivity contribution < 1.29 is 12.9 Å². The monoisotopic (exact) mass is 208 g/mol. The molecule has 0 aliphatic heterocycles. The van der Waals surface area contributed by atoms with Crippen LogP contribution in [0.2, 0.25) is 0 Å². The third-order valence-electron chi connectivity index (χ3n) is 1.97. The molecule has 0 aromatic heterocycles. The predicted octanol–water partition coefficient (Wildman–Crippen LogP) is 3.05. The summed E-state index contributed by atoms with van der Waals surface area (Å²) in [5.74, 6) is 0. The van der Waals surface area contributed by atoms with Gasteiger partial charge >= 0.3 is 6.98 Å². The number of hydrogen-bond acceptors (Lipinski definition) is 1. The van der Waals surface area contributed by atoms with Crippen LogP contribution in [0.5, 0.6) is 0 Å². The Morgan fingerprint density at radius 1 is 1.14 bits per heavy atom.